The van der Waals surface area contributed by atoms with Gasteiger partial charge in [0.1, 0.15) is 6.54 Å². The van der Waals surface area contributed by atoms with Crippen LogP contribution in [0.2, 0.25) is 0 Å². The van der Waals surface area contributed by atoms with Crippen molar-refractivity contribution in [3.8, 4) is 0 Å². The normalized spacial score (nSPS) is 11.6. The molecule has 0 spiro atoms. The monoisotopic (exact) mass is 417 g/mol. The van der Waals surface area contributed by atoms with Crippen molar-refractivity contribution in [1.82, 2.24) is 4.90 Å². The average molecular weight is 418 g/mol. The molecular formula is C27H49N2O+. The lowest BCUT2D eigenvalue weighted by Gasteiger charge is -2.30. The van der Waals surface area contributed by atoms with Gasteiger partial charge in [0.05, 0.1) is 20.6 Å². The summed E-state index contributed by atoms with van der Waals surface area (Å²) >= 11 is 0. The van der Waals surface area contributed by atoms with E-state index in [4.69, 9.17) is 0 Å². The third kappa shape index (κ3) is 13.8. The van der Waals surface area contributed by atoms with Crippen molar-refractivity contribution in [2.75, 3.05) is 34.2 Å². The van der Waals surface area contributed by atoms with E-state index in [-0.39, 0.29) is 0 Å². The fraction of sp³-hybridized carbons (Fsp3) is 0.741. The minimum Gasteiger partial charge on any atom is -0.346 e. The predicted molar refractivity (Wildman–Crippen MR) is 130 cm³/mol. The number of quaternary nitrogens is 1. The average Bonchev–Trinajstić information content (AvgIpc) is 2.72. The number of hydrogen-bond donors (Lipinski definition) is 0. The topological polar surface area (TPSA) is 20.3 Å². The van der Waals surface area contributed by atoms with Crippen molar-refractivity contribution >= 4 is 5.91 Å². The number of unbranched alkanes of at least 4 members (excludes halogenated alkanes) is 10. The highest BCUT2D eigenvalue weighted by atomic mass is 16.2. The molecule has 1 aromatic rings. The Morgan fingerprint density at radius 3 is 1.90 bits per heavy atom. The maximum absolute atomic E-state index is 12.4. The quantitative estimate of drug-likeness (QED) is 0.190. The van der Waals surface area contributed by atoms with E-state index in [1.165, 1.54) is 69.8 Å². The molecule has 0 saturated carbocycles. The van der Waals surface area contributed by atoms with Gasteiger partial charge >= 0.3 is 0 Å². The molecule has 0 bridgehead atoms. The number of rotatable bonds is 18. The molecule has 0 aliphatic rings. The fourth-order valence-corrected chi connectivity index (χ4v) is 4.15. The van der Waals surface area contributed by atoms with E-state index < -0.39 is 0 Å². The van der Waals surface area contributed by atoms with E-state index in [2.05, 4.69) is 51.4 Å². The highest BCUT2D eigenvalue weighted by Crippen LogP contribution is 2.13. The molecule has 3 heteroatoms. The summed E-state index contributed by atoms with van der Waals surface area (Å²) in [4.78, 5) is 14.3. The summed E-state index contributed by atoms with van der Waals surface area (Å²) in [6, 6.07) is 10.7. The van der Waals surface area contributed by atoms with Crippen LogP contribution in [0.25, 0.3) is 0 Å². The largest absolute Gasteiger partial charge is 0.346 e. The summed E-state index contributed by atoms with van der Waals surface area (Å²) in [5.41, 5.74) is 1.38. The molecule has 0 aliphatic heterocycles. The number of carbonyl (C=O) groups excluding carboxylic acids is 1. The Kier molecular flexibility index (Phi) is 14.5. The maximum atomic E-state index is 12.4. The van der Waals surface area contributed by atoms with Gasteiger partial charge in [0, 0.05) is 32.0 Å². The van der Waals surface area contributed by atoms with Gasteiger partial charge in [-0.3, -0.25) is 4.79 Å². The van der Waals surface area contributed by atoms with E-state index in [1.807, 2.05) is 11.9 Å². The van der Waals surface area contributed by atoms with Crippen molar-refractivity contribution in [2.24, 2.45) is 0 Å². The van der Waals surface area contributed by atoms with Crippen molar-refractivity contribution in [3.63, 3.8) is 0 Å². The van der Waals surface area contributed by atoms with Crippen molar-refractivity contribution < 1.29 is 9.28 Å². The van der Waals surface area contributed by atoms with Crippen LogP contribution in [0.5, 0.6) is 0 Å². The van der Waals surface area contributed by atoms with Gasteiger partial charge in [-0.25, -0.2) is 0 Å². The molecule has 0 atom stereocenters. The molecule has 0 unspecified atom stereocenters. The number of carbonyl (C=O) groups is 1. The summed E-state index contributed by atoms with van der Waals surface area (Å²) in [5.74, 6) is 0.319. The SMILES string of the molecule is CCCCCCCCCCCCCC(=O)N(C)CCC[N+](C)(C)Cc1ccccc1. The van der Waals surface area contributed by atoms with E-state index in [0.29, 0.717) is 5.91 Å². The number of hydrogen-bond acceptors (Lipinski definition) is 1. The maximum Gasteiger partial charge on any atom is 0.222 e. The van der Waals surface area contributed by atoms with E-state index in [0.717, 1.165) is 43.4 Å². The first-order chi connectivity index (χ1) is 14.4. The van der Waals surface area contributed by atoms with E-state index in [1.54, 1.807) is 0 Å². The summed E-state index contributed by atoms with van der Waals surface area (Å²) in [6.45, 7) is 5.27. The molecule has 0 aromatic heterocycles. The summed E-state index contributed by atoms with van der Waals surface area (Å²) in [5, 5.41) is 0. The van der Waals surface area contributed by atoms with Crippen LogP contribution in [0.3, 0.4) is 0 Å². The van der Waals surface area contributed by atoms with Crippen LogP contribution < -0.4 is 0 Å². The first-order valence-electron chi connectivity index (χ1n) is 12.5. The number of benzene rings is 1. The smallest absolute Gasteiger partial charge is 0.222 e. The molecular weight excluding hydrogens is 368 g/mol. The highest BCUT2D eigenvalue weighted by Gasteiger charge is 2.16. The number of amides is 1. The van der Waals surface area contributed by atoms with E-state index in [9.17, 15) is 4.79 Å². The Bertz CT molecular complexity index is 541. The molecule has 0 aliphatic carbocycles. The minimum absolute atomic E-state index is 0.319. The Hall–Kier alpha value is -1.35. The van der Waals surface area contributed by atoms with Gasteiger partial charge < -0.3 is 9.38 Å². The first kappa shape index (κ1) is 26.7. The molecule has 0 fully saturated rings. The Balaban J connectivity index is 2.02. The van der Waals surface area contributed by atoms with Crippen molar-refractivity contribution in [3.05, 3.63) is 35.9 Å². The molecule has 1 amide bonds. The highest BCUT2D eigenvalue weighted by molar-refractivity contribution is 5.75. The summed E-state index contributed by atoms with van der Waals surface area (Å²) in [6.07, 6.45) is 16.4. The second-order valence-corrected chi connectivity index (χ2v) is 9.76. The van der Waals surface area contributed by atoms with Crippen LogP contribution >= 0.6 is 0 Å². The van der Waals surface area contributed by atoms with Gasteiger partial charge in [0.15, 0.2) is 0 Å². The van der Waals surface area contributed by atoms with Gasteiger partial charge in [-0.2, -0.15) is 0 Å². The second kappa shape index (κ2) is 16.4. The van der Waals surface area contributed by atoms with Gasteiger partial charge in [0.25, 0.3) is 0 Å². The molecule has 0 radical (unpaired) electrons. The number of nitrogens with zero attached hydrogens (tertiary/aromatic N) is 2. The predicted octanol–water partition coefficient (Wildman–Crippen LogP) is 6.81. The van der Waals surface area contributed by atoms with E-state index >= 15 is 0 Å². The first-order valence-corrected chi connectivity index (χ1v) is 12.5. The van der Waals surface area contributed by atoms with Crippen LogP contribution in [0.4, 0.5) is 0 Å². The van der Waals surface area contributed by atoms with Gasteiger partial charge in [0.2, 0.25) is 5.91 Å². The van der Waals surface area contributed by atoms with Crippen LogP contribution in [0.15, 0.2) is 30.3 Å². The zero-order valence-corrected chi connectivity index (χ0v) is 20.5. The van der Waals surface area contributed by atoms with Gasteiger partial charge in [-0.15, -0.1) is 0 Å². The Morgan fingerprint density at radius 1 is 0.800 bits per heavy atom. The molecule has 1 rings (SSSR count). The standard InChI is InChI=1S/C27H49N2O/c1-5-6-7-8-9-10-11-12-13-14-18-22-27(30)28(2)23-19-24-29(3,4)25-26-20-16-15-17-21-26/h15-17,20-21H,5-14,18-19,22-25H2,1-4H3/q+1. The third-order valence-corrected chi connectivity index (χ3v) is 6.13. The molecule has 172 valence electrons. The second-order valence-electron chi connectivity index (χ2n) is 9.76. The third-order valence-electron chi connectivity index (χ3n) is 6.13. The van der Waals surface area contributed by atoms with Crippen LogP contribution in [0, 0.1) is 0 Å². The zero-order chi connectivity index (χ0) is 22.1. The minimum atomic E-state index is 0.319. The molecule has 0 heterocycles. The zero-order valence-electron chi connectivity index (χ0n) is 20.5. The van der Waals surface area contributed by atoms with Crippen LogP contribution in [0.1, 0.15) is 96.0 Å². The molecule has 1 aromatic carbocycles. The lowest BCUT2D eigenvalue weighted by atomic mass is 10.1. The van der Waals surface area contributed by atoms with Crippen molar-refractivity contribution in [1.29, 1.82) is 0 Å². The lowest BCUT2D eigenvalue weighted by molar-refractivity contribution is -0.903. The molecule has 0 saturated heterocycles. The fourth-order valence-electron chi connectivity index (χ4n) is 4.15. The molecule has 0 N–H and O–H groups in total. The Labute approximate surface area is 187 Å². The lowest BCUT2D eigenvalue weighted by Crippen LogP contribution is -2.41. The Morgan fingerprint density at radius 2 is 1.33 bits per heavy atom. The van der Waals surface area contributed by atoms with Gasteiger partial charge in [-0.05, 0) is 6.42 Å². The summed E-state index contributed by atoms with van der Waals surface area (Å²) in [7, 11) is 6.53. The molecule has 3 nitrogen and oxygen atoms in total. The van der Waals surface area contributed by atoms with Crippen LogP contribution in [-0.4, -0.2) is 49.5 Å². The summed E-state index contributed by atoms with van der Waals surface area (Å²) < 4.78 is 0.963. The van der Waals surface area contributed by atoms with Crippen LogP contribution in [-0.2, 0) is 11.3 Å². The molecule has 30 heavy (non-hydrogen) atoms. The van der Waals surface area contributed by atoms with Gasteiger partial charge in [-0.1, -0.05) is 101 Å². The van der Waals surface area contributed by atoms with Crippen molar-refractivity contribution in [2.45, 2.75) is 96.9 Å².